The molecule has 0 radical (unpaired) electrons. The molecule has 5 rings (SSSR count). The van der Waals surface area contributed by atoms with E-state index in [4.69, 9.17) is 4.42 Å². The lowest BCUT2D eigenvalue weighted by Gasteiger charge is -2.01. The van der Waals surface area contributed by atoms with Crippen LogP contribution in [0.5, 0.6) is 0 Å². The van der Waals surface area contributed by atoms with Crippen molar-refractivity contribution in [3.05, 3.63) is 90.9 Å². The second kappa shape index (κ2) is 5.81. The largest absolute Gasteiger partial charge is 0.455 e. The van der Waals surface area contributed by atoms with Gasteiger partial charge in [0.15, 0.2) is 0 Å². The molecule has 0 aliphatic rings. The summed E-state index contributed by atoms with van der Waals surface area (Å²) in [7, 11) is 0. The van der Waals surface area contributed by atoms with Gasteiger partial charge in [-0.1, -0.05) is 36.4 Å². The first-order valence-electron chi connectivity index (χ1n) is 8.42. The van der Waals surface area contributed by atoms with Crippen molar-refractivity contribution >= 4 is 21.9 Å². The Morgan fingerprint density at radius 2 is 1.58 bits per heavy atom. The average molecular weight is 339 g/mol. The Balaban J connectivity index is 1.73. The molecule has 3 heteroatoms. The molecule has 0 aliphatic heterocycles. The van der Waals surface area contributed by atoms with Gasteiger partial charge >= 0.3 is 0 Å². The number of hydrogen-bond donors (Lipinski definition) is 0. The van der Waals surface area contributed by atoms with E-state index in [9.17, 15) is 4.39 Å². The van der Waals surface area contributed by atoms with Gasteiger partial charge in [-0.05, 0) is 53.6 Å². The molecule has 124 valence electrons. The van der Waals surface area contributed by atoms with Gasteiger partial charge in [0.05, 0.1) is 5.69 Å². The summed E-state index contributed by atoms with van der Waals surface area (Å²) in [5.74, 6) is -0.237. The van der Waals surface area contributed by atoms with Crippen molar-refractivity contribution in [3.63, 3.8) is 0 Å². The minimum Gasteiger partial charge on any atom is -0.455 e. The number of pyridine rings is 1. The van der Waals surface area contributed by atoms with Gasteiger partial charge in [-0.2, -0.15) is 0 Å². The summed E-state index contributed by atoms with van der Waals surface area (Å²) in [6, 6.07) is 24.5. The van der Waals surface area contributed by atoms with E-state index in [2.05, 4.69) is 17.1 Å². The smallest absolute Gasteiger partial charge is 0.144 e. The molecule has 2 heterocycles. The zero-order valence-corrected chi connectivity index (χ0v) is 13.8. The molecule has 0 amide bonds. The van der Waals surface area contributed by atoms with E-state index >= 15 is 0 Å². The molecule has 5 aromatic rings. The monoisotopic (exact) mass is 339 g/mol. The molecule has 0 spiro atoms. The van der Waals surface area contributed by atoms with E-state index in [0.29, 0.717) is 0 Å². The molecule has 0 saturated carbocycles. The number of nitrogens with zero attached hydrogens (tertiary/aromatic N) is 1. The summed E-state index contributed by atoms with van der Waals surface area (Å²) < 4.78 is 19.4. The number of furan rings is 1. The van der Waals surface area contributed by atoms with E-state index in [-0.39, 0.29) is 5.82 Å². The van der Waals surface area contributed by atoms with Crippen LogP contribution in [0.3, 0.4) is 0 Å². The summed E-state index contributed by atoms with van der Waals surface area (Å²) in [5.41, 5.74) is 5.45. The van der Waals surface area contributed by atoms with Gasteiger partial charge in [-0.3, -0.25) is 4.98 Å². The van der Waals surface area contributed by atoms with Crippen LogP contribution in [0.2, 0.25) is 0 Å². The molecule has 0 unspecified atom stereocenters. The van der Waals surface area contributed by atoms with Gasteiger partial charge in [0.2, 0.25) is 0 Å². The van der Waals surface area contributed by atoms with Crippen molar-refractivity contribution in [2.75, 3.05) is 0 Å². The Morgan fingerprint density at radius 1 is 0.731 bits per heavy atom. The molecular weight excluding hydrogens is 325 g/mol. The summed E-state index contributed by atoms with van der Waals surface area (Å²) in [6.07, 6.45) is 1.78. The first kappa shape index (κ1) is 14.8. The Hall–Kier alpha value is -3.46. The summed E-state index contributed by atoms with van der Waals surface area (Å²) in [5, 5.41) is 2.12. The summed E-state index contributed by atoms with van der Waals surface area (Å²) in [4.78, 5) is 4.45. The molecule has 0 saturated heterocycles. The second-order valence-electron chi connectivity index (χ2n) is 6.22. The van der Waals surface area contributed by atoms with Gasteiger partial charge < -0.3 is 4.42 Å². The predicted molar refractivity (Wildman–Crippen MR) is 102 cm³/mol. The van der Waals surface area contributed by atoms with Crippen LogP contribution in [0.4, 0.5) is 4.39 Å². The van der Waals surface area contributed by atoms with Gasteiger partial charge in [-0.25, -0.2) is 4.39 Å². The van der Waals surface area contributed by atoms with Crippen LogP contribution in [-0.2, 0) is 0 Å². The number of benzene rings is 3. The average Bonchev–Trinajstić information content (AvgIpc) is 3.07. The minimum atomic E-state index is -0.237. The van der Waals surface area contributed by atoms with Gasteiger partial charge in [-0.15, -0.1) is 0 Å². The highest BCUT2D eigenvalue weighted by Crippen LogP contribution is 2.36. The summed E-state index contributed by atoms with van der Waals surface area (Å²) >= 11 is 0. The molecule has 2 nitrogen and oxygen atoms in total. The van der Waals surface area contributed by atoms with Crippen molar-refractivity contribution in [2.24, 2.45) is 0 Å². The summed E-state index contributed by atoms with van der Waals surface area (Å²) in [6.45, 7) is 0. The number of rotatable bonds is 2. The third-order valence-corrected chi connectivity index (χ3v) is 4.62. The lowest BCUT2D eigenvalue weighted by Crippen LogP contribution is -1.81. The normalized spacial score (nSPS) is 11.3. The van der Waals surface area contributed by atoms with Crippen LogP contribution in [0, 0.1) is 5.82 Å². The fourth-order valence-electron chi connectivity index (χ4n) is 3.34. The predicted octanol–water partition coefficient (Wildman–Crippen LogP) is 6.45. The Labute approximate surface area is 149 Å². The Morgan fingerprint density at radius 3 is 2.38 bits per heavy atom. The molecular formula is C23H14FNO. The standard InChI is InChI=1S/C23H14FNO/c24-17-10-7-15(8-11-17)16-9-12-18-19-4-3-5-20(21-6-1-2-13-25-21)23(19)26-22(18)14-16/h1-14H. The lowest BCUT2D eigenvalue weighted by molar-refractivity contribution is 0.628. The molecule has 0 N–H and O–H groups in total. The second-order valence-corrected chi connectivity index (χ2v) is 6.22. The van der Waals surface area contributed by atoms with Crippen LogP contribution in [0.15, 0.2) is 89.5 Å². The molecule has 3 aromatic carbocycles. The zero-order chi connectivity index (χ0) is 17.5. The van der Waals surface area contributed by atoms with Crippen LogP contribution < -0.4 is 0 Å². The van der Waals surface area contributed by atoms with Crippen LogP contribution in [0.25, 0.3) is 44.3 Å². The number of hydrogen-bond acceptors (Lipinski definition) is 2. The van der Waals surface area contributed by atoms with Crippen LogP contribution >= 0.6 is 0 Å². The first-order valence-corrected chi connectivity index (χ1v) is 8.42. The highest BCUT2D eigenvalue weighted by molar-refractivity contribution is 6.10. The molecule has 2 aromatic heterocycles. The molecule has 0 bridgehead atoms. The number of para-hydroxylation sites is 1. The van der Waals surface area contributed by atoms with E-state index in [1.807, 2.05) is 42.5 Å². The van der Waals surface area contributed by atoms with Crippen LogP contribution in [-0.4, -0.2) is 4.98 Å². The molecule has 0 atom stereocenters. The van der Waals surface area contributed by atoms with Crippen molar-refractivity contribution in [1.29, 1.82) is 0 Å². The fraction of sp³-hybridized carbons (Fsp3) is 0. The lowest BCUT2D eigenvalue weighted by atomic mass is 10.0. The maximum absolute atomic E-state index is 13.2. The van der Waals surface area contributed by atoms with E-state index in [0.717, 1.165) is 44.3 Å². The quantitative estimate of drug-likeness (QED) is 0.369. The third-order valence-electron chi connectivity index (χ3n) is 4.62. The van der Waals surface area contributed by atoms with E-state index < -0.39 is 0 Å². The fourth-order valence-corrected chi connectivity index (χ4v) is 3.34. The Kier molecular flexibility index (Phi) is 3.32. The molecule has 0 fully saturated rings. The molecule has 26 heavy (non-hydrogen) atoms. The van der Waals surface area contributed by atoms with Crippen molar-refractivity contribution in [3.8, 4) is 22.4 Å². The van der Waals surface area contributed by atoms with Crippen LogP contribution in [0.1, 0.15) is 0 Å². The zero-order valence-electron chi connectivity index (χ0n) is 13.8. The highest BCUT2D eigenvalue weighted by atomic mass is 19.1. The number of halogens is 1. The van der Waals surface area contributed by atoms with Crippen molar-refractivity contribution in [2.45, 2.75) is 0 Å². The number of aromatic nitrogens is 1. The van der Waals surface area contributed by atoms with E-state index in [1.54, 1.807) is 18.3 Å². The highest BCUT2D eigenvalue weighted by Gasteiger charge is 2.13. The maximum atomic E-state index is 13.2. The SMILES string of the molecule is Fc1ccc(-c2ccc3c(c2)oc2c(-c4ccccn4)cccc23)cc1. The van der Waals surface area contributed by atoms with Crippen molar-refractivity contribution < 1.29 is 8.81 Å². The van der Waals surface area contributed by atoms with Crippen molar-refractivity contribution in [1.82, 2.24) is 4.98 Å². The van der Waals surface area contributed by atoms with Gasteiger partial charge in [0.1, 0.15) is 17.0 Å². The molecule has 0 aliphatic carbocycles. The third kappa shape index (κ3) is 2.37. The van der Waals surface area contributed by atoms with Gasteiger partial charge in [0.25, 0.3) is 0 Å². The first-order chi connectivity index (χ1) is 12.8. The maximum Gasteiger partial charge on any atom is 0.144 e. The topological polar surface area (TPSA) is 26.0 Å². The minimum absolute atomic E-state index is 0.237. The van der Waals surface area contributed by atoms with Gasteiger partial charge in [0, 0.05) is 22.5 Å². The van der Waals surface area contributed by atoms with E-state index in [1.165, 1.54) is 12.1 Å². The Bertz CT molecular complexity index is 1220. The number of fused-ring (bicyclic) bond motifs is 3.